The van der Waals surface area contributed by atoms with E-state index in [-0.39, 0.29) is 11.8 Å². The van der Waals surface area contributed by atoms with Crippen molar-refractivity contribution < 1.29 is 23.1 Å². The summed E-state index contributed by atoms with van der Waals surface area (Å²) < 4.78 is 38.4. The van der Waals surface area contributed by atoms with E-state index in [0.29, 0.717) is 10.9 Å². The molecule has 0 fully saturated rings. The van der Waals surface area contributed by atoms with Crippen molar-refractivity contribution in [2.75, 3.05) is 0 Å². The van der Waals surface area contributed by atoms with Gasteiger partial charge in [-0.05, 0) is 23.4 Å². The van der Waals surface area contributed by atoms with Crippen LogP contribution in [0.1, 0.15) is 11.1 Å². The standard InChI is InChI=1S/C13H11F3N2O2/c14-13(15,16)10-6-18-5-8-3-7(1-2-9(8)10)4-11(17)12(19)20/h1-3,5-6,11H,4,17H2,(H,19,20). The zero-order chi connectivity index (χ0) is 14.9. The number of pyridine rings is 1. The Labute approximate surface area is 112 Å². The highest BCUT2D eigenvalue weighted by atomic mass is 19.4. The smallest absolute Gasteiger partial charge is 0.418 e. The molecule has 0 spiro atoms. The molecule has 0 aliphatic carbocycles. The molecule has 20 heavy (non-hydrogen) atoms. The summed E-state index contributed by atoms with van der Waals surface area (Å²) >= 11 is 0. The molecule has 0 saturated heterocycles. The lowest BCUT2D eigenvalue weighted by Gasteiger charge is -2.11. The van der Waals surface area contributed by atoms with E-state index in [0.717, 1.165) is 6.20 Å². The molecule has 3 N–H and O–H groups in total. The maximum Gasteiger partial charge on any atom is 0.418 e. The monoisotopic (exact) mass is 284 g/mol. The van der Waals surface area contributed by atoms with Crippen molar-refractivity contribution in [1.29, 1.82) is 0 Å². The first kappa shape index (κ1) is 14.3. The Kier molecular flexibility index (Phi) is 3.63. The van der Waals surface area contributed by atoms with Crippen molar-refractivity contribution in [3.63, 3.8) is 0 Å². The molecule has 1 unspecified atom stereocenters. The molecular weight excluding hydrogens is 273 g/mol. The summed E-state index contributed by atoms with van der Waals surface area (Å²) in [5, 5.41) is 9.05. The largest absolute Gasteiger partial charge is 0.480 e. The van der Waals surface area contributed by atoms with Crippen LogP contribution in [0.25, 0.3) is 10.8 Å². The summed E-state index contributed by atoms with van der Waals surface area (Å²) in [4.78, 5) is 14.2. The van der Waals surface area contributed by atoms with E-state index in [2.05, 4.69) is 4.98 Å². The number of alkyl halides is 3. The molecule has 1 aromatic carbocycles. The van der Waals surface area contributed by atoms with Crippen molar-refractivity contribution in [3.8, 4) is 0 Å². The molecule has 4 nitrogen and oxygen atoms in total. The van der Waals surface area contributed by atoms with Gasteiger partial charge < -0.3 is 10.8 Å². The lowest BCUT2D eigenvalue weighted by atomic mass is 10.0. The highest BCUT2D eigenvalue weighted by Crippen LogP contribution is 2.34. The average Bonchev–Trinajstić information content (AvgIpc) is 2.36. The fourth-order valence-electron chi connectivity index (χ4n) is 1.92. The first-order chi connectivity index (χ1) is 9.29. The number of rotatable bonds is 3. The van der Waals surface area contributed by atoms with Gasteiger partial charge in [0.25, 0.3) is 0 Å². The van der Waals surface area contributed by atoms with E-state index >= 15 is 0 Å². The molecule has 2 rings (SSSR count). The number of nitrogens with zero attached hydrogens (tertiary/aromatic N) is 1. The minimum atomic E-state index is -4.48. The molecule has 0 saturated carbocycles. The number of halogens is 3. The van der Waals surface area contributed by atoms with Gasteiger partial charge in [-0.2, -0.15) is 13.2 Å². The first-order valence-electron chi connectivity index (χ1n) is 5.71. The van der Waals surface area contributed by atoms with E-state index < -0.39 is 23.8 Å². The third-order valence-corrected chi connectivity index (χ3v) is 2.90. The Hall–Kier alpha value is -2.15. The van der Waals surface area contributed by atoms with Crippen molar-refractivity contribution in [2.24, 2.45) is 5.73 Å². The number of carboxylic acid groups (broad SMARTS) is 1. The second-order valence-corrected chi connectivity index (χ2v) is 4.39. The van der Waals surface area contributed by atoms with Crippen LogP contribution < -0.4 is 5.73 Å². The number of aromatic nitrogens is 1. The molecule has 1 heterocycles. The van der Waals surface area contributed by atoms with Gasteiger partial charge in [-0.1, -0.05) is 12.1 Å². The van der Waals surface area contributed by atoms with Gasteiger partial charge in [-0.25, -0.2) is 0 Å². The number of fused-ring (bicyclic) bond motifs is 1. The van der Waals surface area contributed by atoms with E-state index in [9.17, 15) is 18.0 Å². The van der Waals surface area contributed by atoms with Crippen LogP contribution in [0.4, 0.5) is 13.2 Å². The maximum atomic E-state index is 12.8. The molecule has 0 aliphatic rings. The summed E-state index contributed by atoms with van der Waals surface area (Å²) in [7, 11) is 0. The van der Waals surface area contributed by atoms with Crippen molar-refractivity contribution >= 4 is 16.7 Å². The fourth-order valence-corrected chi connectivity index (χ4v) is 1.92. The quantitative estimate of drug-likeness (QED) is 0.906. The number of hydrogen-bond acceptors (Lipinski definition) is 3. The third-order valence-electron chi connectivity index (χ3n) is 2.90. The number of carboxylic acids is 1. The summed E-state index contributed by atoms with van der Waals surface area (Å²) in [6, 6.07) is 3.14. The molecule has 0 amide bonds. The van der Waals surface area contributed by atoms with Gasteiger partial charge in [0, 0.05) is 17.8 Å². The molecule has 0 radical (unpaired) electrons. The van der Waals surface area contributed by atoms with Crippen LogP contribution >= 0.6 is 0 Å². The Morgan fingerprint density at radius 3 is 2.65 bits per heavy atom. The SMILES string of the molecule is NC(Cc1ccc2c(C(F)(F)F)cncc2c1)C(=O)O. The number of benzene rings is 1. The van der Waals surface area contributed by atoms with Crippen molar-refractivity contribution in [3.05, 3.63) is 41.7 Å². The van der Waals surface area contributed by atoms with Gasteiger partial charge in [-0.3, -0.25) is 9.78 Å². The number of hydrogen-bond donors (Lipinski definition) is 2. The molecular formula is C13H11F3N2O2. The second kappa shape index (κ2) is 5.09. The van der Waals surface area contributed by atoms with Crippen LogP contribution in [-0.2, 0) is 17.4 Å². The van der Waals surface area contributed by atoms with Crippen LogP contribution in [0.15, 0.2) is 30.6 Å². The first-order valence-corrected chi connectivity index (χ1v) is 5.71. The highest BCUT2D eigenvalue weighted by molar-refractivity contribution is 5.86. The molecule has 2 aromatic rings. The average molecular weight is 284 g/mol. The lowest BCUT2D eigenvalue weighted by Crippen LogP contribution is -2.32. The van der Waals surface area contributed by atoms with E-state index in [1.807, 2.05) is 0 Å². The molecule has 7 heteroatoms. The van der Waals surface area contributed by atoms with Crippen LogP contribution in [0.5, 0.6) is 0 Å². The van der Waals surface area contributed by atoms with E-state index in [1.54, 1.807) is 0 Å². The second-order valence-electron chi connectivity index (χ2n) is 4.39. The molecule has 1 aromatic heterocycles. The Bertz CT molecular complexity index is 656. The van der Waals surface area contributed by atoms with Gasteiger partial charge >= 0.3 is 12.1 Å². The predicted octanol–water partition coefficient (Wildman–Crippen LogP) is 2.21. The number of aliphatic carboxylic acids is 1. The Morgan fingerprint density at radius 1 is 1.35 bits per heavy atom. The van der Waals surface area contributed by atoms with E-state index in [4.69, 9.17) is 10.8 Å². The Morgan fingerprint density at radius 2 is 2.05 bits per heavy atom. The van der Waals surface area contributed by atoms with Crippen molar-refractivity contribution in [1.82, 2.24) is 4.98 Å². The lowest BCUT2D eigenvalue weighted by molar-refractivity contribution is -0.138. The van der Waals surface area contributed by atoms with Crippen LogP contribution in [-0.4, -0.2) is 22.1 Å². The highest BCUT2D eigenvalue weighted by Gasteiger charge is 2.32. The van der Waals surface area contributed by atoms with Crippen LogP contribution in [0.3, 0.4) is 0 Å². The molecule has 0 bridgehead atoms. The van der Waals surface area contributed by atoms with Gasteiger partial charge in [0.15, 0.2) is 0 Å². The minimum Gasteiger partial charge on any atom is -0.480 e. The van der Waals surface area contributed by atoms with Gasteiger partial charge in [0.1, 0.15) is 6.04 Å². The summed E-state index contributed by atoms with van der Waals surface area (Å²) in [6.45, 7) is 0. The zero-order valence-corrected chi connectivity index (χ0v) is 10.2. The van der Waals surface area contributed by atoms with Crippen LogP contribution in [0, 0.1) is 0 Å². The summed E-state index contributed by atoms with van der Waals surface area (Å²) in [6.07, 6.45) is -2.36. The summed E-state index contributed by atoms with van der Waals surface area (Å²) in [5.41, 5.74) is 5.13. The normalized spacial score (nSPS) is 13.4. The van der Waals surface area contributed by atoms with Crippen LogP contribution in [0.2, 0.25) is 0 Å². The van der Waals surface area contributed by atoms with E-state index in [1.165, 1.54) is 24.4 Å². The molecule has 106 valence electrons. The molecule has 1 atom stereocenters. The Balaban J connectivity index is 2.44. The van der Waals surface area contributed by atoms with Gasteiger partial charge in [-0.15, -0.1) is 0 Å². The zero-order valence-electron chi connectivity index (χ0n) is 10.2. The van der Waals surface area contributed by atoms with Gasteiger partial charge in [0.2, 0.25) is 0 Å². The van der Waals surface area contributed by atoms with Crippen molar-refractivity contribution in [2.45, 2.75) is 18.6 Å². The van der Waals surface area contributed by atoms with Gasteiger partial charge in [0.05, 0.1) is 5.56 Å². The summed E-state index contributed by atoms with van der Waals surface area (Å²) in [5.74, 6) is -1.16. The predicted molar refractivity (Wildman–Crippen MR) is 66.1 cm³/mol. The molecule has 0 aliphatic heterocycles. The number of nitrogens with two attached hydrogens (primary N) is 1. The fraction of sp³-hybridized carbons (Fsp3) is 0.231. The number of carbonyl (C=O) groups is 1. The topological polar surface area (TPSA) is 76.2 Å². The maximum absolute atomic E-state index is 12.8. The minimum absolute atomic E-state index is 0.0279. The third kappa shape index (κ3) is 2.88.